The van der Waals surface area contributed by atoms with Crippen LogP contribution in [-0.4, -0.2) is 9.97 Å². The minimum Gasteiger partial charge on any atom is -0.366 e. The van der Waals surface area contributed by atoms with Crippen molar-refractivity contribution in [2.24, 2.45) is 0 Å². The molecule has 3 nitrogen and oxygen atoms in total. The van der Waals surface area contributed by atoms with E-state index in [2.05, 4.69) is 34.3 Å². The molecule has 0 aliphatic rings. The van der Waals surface area contributed by atoms with Crippen molar-refractivity contribution in [1.82, 2.24) is 9.97 Å². The number of hydrogen-bond acceptors (Lipinski definition) is 3. The summed E-state index contributed by atoms with van der Waals surface area (Å²) in [5, 5.41) is 3.88. The third-order valence-corrected chi connectivity index (χ3v) is 3.52. The molecule has 1 N–H and O–H groups in total. The van der Waals surface area contributed by atoms with Crippen molar-refractivity contribution in [1.29, 1.82) is 0 Å². The fourth-order valence-electron chi connectivity index (χ4n) is 1.85. The van der Waals surface area contributed by atoms with E-state index in [0.717, 1.165) is 30.2 Å². The van der Waals surface area contributed by atoms with Crippen LogP contribution in [0.2, 0.25) is 5.15 Å². The van der Waals surface area contributed by atoms with Crippen LogP contribution in [0.25, 0.3) is 0 Å². The van der Waals surface area contributed by atoms with E-state index in [1.165, 1.54) is 11.1 Å². The molecule has 0 saturated heterocycles. The molecule has 0 radical (unpaired) electrons. The molecule has 0 aliphatic heterocycles. The van der Waals surface area contributed by atoms with Gasteiger partial charge in [0.25, 0.3) is 0 Å². The average Bonchev–Trinajstić information content (AvgIpc) is 2.42. The summed E-state index contributed by atoms with van der Waals surface area (Å²) in [5.74, 6) is 1.59. The minimum absolute atomic E-state index is 0.527. The molecule has 4 heteroatoms. The highest BCUT2D eigenvalue weighted by atomic mass is 35.5. The van der Waals surface area contributed by atoms with Crippen LogP contribution in [0.4, 0.5) is 5.82 Å². The zero-order chi connectivity index (χ0) is 13.8. The number of hydrogen-bond donors (Lipinski definition) is 1. The van der Waals surface area contributed by atoms with Gasteiger partial charge in [0.2, 0.25) is 0 Å². The zero-order valence-electron chi connectivity index (χ0n) is 11.5. The van der Waals surface area contributed by atoms with Gasteiger partial charge in [0.15, 0.2) is 0 Å². The molecule has 1 aromatic carbocycles. The molecule has 19 heavy (non-hydrogen) atoms. The normalized spacial score (nSPS) is 10.5. The summed E-state index contributed by atoms with van der Waals surface area (Å²) < 4.78 is 0. The van der Waals surface area contributed by atoms with Gasteiger partial charge in [-0.05, 0) is 25.0 Å². The van der Waals surface area contributed by atoms with Gasteiger partial charge in [-0.25, -0.2) is 9.97 Å². The van der Waals surface area contributed by atoms with Crippen molar-refractivity contribution in [2.45, 2.75) is 33.7 Å². The third-order valence-electron chi connectivity index (χ3n) is 3.16. The fraction of sp³-hybridized carbons (Fsp3) is 0.333. The van der Waals surface area contributed by atoms with Crippen LogP contribution in [0, 0.1) is 13.8 Å². The van der Waals surface area contributed by atoms with Crippen LogP contribution >= 0.6 is 11.6 Å². The van der Waals surface area contributed by atoms with Crippen LogP contribution in [0.5, 0.6) is 0 Å². The van der Waals surface area contributed by atoms with Gasteiger partial charge in [0.1, 0.15) is 16.8 Å². The van der Waals surface area contributed by atoms with Gasteiger partial charge in [-0.15, -0.1) is 0 Å². The molecule has 0 bridgehead atoms. The summed E-state index contributed by atoms with van der Waals surface area (Å²) >= 11 is 6.12. The Morgan fingerprint density at radius 2 is 1.89 bits per heavy atom. The minimum atomic E-state index is 0.527. The van der Waals surface area contributed by atoms with Crippen LogP contribution < -0.4 is 5.32 Å². The van der Waals surface area contributed by atoms with Crippen LogP contribution in [0.3, 0.4) is 0 Å². The lowest BCUT2D eigenvalue weighted by molar-refractivity contribution is 0.922. The summed E-state index contributed by atoms with van der Waals surface area (Å²) in [7, 11) is 0. The van der Waals surface area contributed by atoms with E-state index in [0.29, 0.717) is 5.15 Å². The Hall–Kier alpha value is -1.61. The van der Waals surface area contributed by atoms with E-state index >= 15 is 0 Å². The molecule has 2 rings (SSSR count). The highest BCUT2D eigenvalue weighted by Gasteiger charge is 2.08. The van der Waals surface area contributed by atoms with E-state index in [1.807, 2.05) is 26.0 Å². The second kappa shape index (κ2) is 6.02. The molecule has 0 saturated carbocycles. The topological polar surface area (TPSA) is 37.8 Å². The van der Waals surface area contributed by atoms with Gasteiger partial charge in [-0.3, -0.25) is 0 Å². The zero-order valence-corrected chi connectivity index (χ0v) is 12.3. The maximum atomic E-state index is 6.12. The molecular weight excluding hydrogens is 258 g/mol. The number of aromatic nitrogens is 2. The van der Waals surface area contributed by atoms with E-state index in [9.17, 15) is 0 Å². The molecule has 1 aromatic heterocycles. The van der Waals surface area contributed by atoms with Gasteiger partial charge in [0.05, 0.1) is 0 Å². The lowest BCUT2D eigenvalue weighted by atomic mass is 10.1. The number of aryl methyl sites for hydroxylation is 2. The number of anilines is 1. The van der Waals surface area contributed by atoms with Crippen LogP contribution in [0.1, 0.15) is 29.4 Å². The molecular formula is C15H18ClN3. The summed E-state index contributed by atoms with van der Waals surface area (Å²) in [6.07, 6.45) is 0.777. The first kappa shape index (κ1) is 13.8. The average molecular weight is 276 g/mol. The Bertz CT molecular complexity index is 582. The van der Waals surface area contributed by atoms with Crippen molar-refractivity contribution in [3.8, 4) is 0 Å². The predicted molar refractivity (Wildman–Crippen MR) is 79.7 cm³/mol. The molecule has 0 aliphatic carbocycles. The van der Waals surface area contributed by atoms with Crippen molar-refractivity contribution >= 4 is 17.4 Å². The van der Waals surface area contributed by atoms with Crippen LogP contribution in [-0.2, 0) is 13.0 Å². The Kier molecular flexibility index (Phi) is 4.38. The highest BCUT2D eigenvalue weighted by molar-refractivity contribution is 6.30. The summed E-state index contributed by atoms with van der Waals surface area (Å²) in [6, 6.07) is 8.30. The van der Waals surface area contributed by atoms with Gasteiger partial charge in [-0.2, -0.15) is 0 Å². The Morgan fingerprint density at radius 3 is 2.58 bits per heavy atom. The van der Waals surface area contributed by atoms with E-state index < -0.39 is 0 Å². The molecule has 2 aromatic rings. The second-order valence-corrected chi connectivity index (χ2v) is 4.90. The van der Waals surface area contributed by atoms with Crippen molar-refractivity contribution < 1.29 is 0 Å². The van der Waals surface area contributed by atoms with E-state index in [1.54, 1.807) is 0 Å². The van der Waals surface area contributed by atoms with Crippen molar-refractivity contribution in [3.63, 3.8) is 0 Å². The summed E-state index contributed by atoms with van der Waals surface area (Å²) in [5.41, 5.74) is 3.42. The van der Waals surface area contributed by atoms with Crippen molar-refractivity contribution in [3.05, 3.63) is 51.9 Å². The summed E-state index contributed by atoms with van der Waals surface area (Å²) in [6.45, 7) is 6.80. The van der Waals surface area contributed by atoms with Gasteiger partial charge in [-0.1, -0.05) is 42.8 Å². The SMILES string of the molecule is CCc1nc(Cl)c(C)c(NCc2ccccc2C)n1. The molecule has 0 amide bonds. The quantitative estimate of drug-likeness (QED) is 0.860. The Morgan fingerprint density at radius 1 is 1.16 bits per heavy atom. The molecule has 0 unspecified atom stereocenters. The molecule has 0 fully saturated rings. The first-order valence-electron chi connectivity index (χ1n) is 6.43. The predicted octanol–water partition coefficient (Wildman–Crippen LogP) is 3.92. The Balaban J connectivity index is 2.20. The smallest absolute Gasteiger partial charge is 0.137 e. The monoisotopic (exact) mass is 275 g/mol. The van der Waals surface area contributed by atoms with Gasteiger partial charge >= 0.3 is 0 Å². The fourth-order valence-corrected chi connectivity index (χ4v) is 2.04. The third kappa shape index (κ3) is 3.24. The summed E-state index contributed by atoms with van der Waals surface area (Å²) in [4.78, 5) is 8.73. The lowest BCUT2D eigenvalue weighted by Crippen LogP contribution is -2.07. The number of benzene rings is 1. The molecule has 1 heterocycles. The highest BCUT2D eigenvalue weighted by Crippen LogP contribution is 2.21. The van der Waals surface area contributed by atoms with Gasteiger partial charge < -0.3 is 5.32 Å². The standard InChI is InChI=1S/C15H18ClN3/c1-4-13-18-14(16)11(3)15(19-13)17-9-12-8-6-5-7-10(12)2/h5-8H,4,9H2,1-3H3,(H,17,18,19). The maximum Gasteiger partial charge on any atom is 0.137 e. The molecule has 0 atom stereocenters. The maximum absolute atomic E-state index is 6.12. The molecule has 100 valence electrons. The largest absolute Gasteiger partial charge is 0.366 e. The number of halogens is 1. The number of nitrogens with one attached hydrogen (secondary N) is 1. The van der Waals surface area contributed by atoms with E-state index in [-0.39, 0.29) is 0 Å². The number of nitrogens with zero attached hydrogens (tertiary/aromatic N) is 2. The van der Waals surface area contributed by atoms with E-state index in [4.69, 9.17) is 11.6 Å². The van der Waals surface area contributed by atoms with Gasteiger partial charge in [0, 0.05) is 18.5 Å². The molecule has 0 spiro atoms. The lowest BCUT2D eigenvalue weighted by Gasteiger charge is -2.12. The Labute approximate surface area is 119 Å². The first-order chi connectivity index (χ1) is 9.11. The first-order valence-corrected chi connectivity index (χ1v) is 6.81. The van der Waals surface area contributed by atoms with Crippen molar-refractivity contribution in [2.75, 3.05) is 5.32 Å². The number of rotatable bonds is 4. The second-order valence-electron chi connectivity index (χ2n) is 4.54. The van der Waals surface area contributed by atoms with Crippen LogP contribution in [0.15, 0.2) is 24.3 Å².